The Morgan fingerprint density at radius 3 is 2.04 bits per heavy atom. The van der Waals surface area contributed by atoms with E-state index in [1.807, 2.05) is 60.7 Å². The van der Waals surface area contributed by atoms with Crippen molar-refractivity contribution >= 4 is 30.8 Å². The standard InChI is InChI=1S/C17H11ClN4O2S/c18-25(23,24)17-14-13(11-7-3-1-4-8-11)15(12-9-5-2-6-10-12)19-20-16(14)21-22-17/h1-10H,(H,20,21,22). The third-order valence-electron chi connectivity index (χ3n) is 3.80. The first-order valence-electron chi connectivity index (χ1n) is 7.36. The second-order valence-electron chi connectivity index (χ2n) is 5.34. The molecule has 0 atom stereocenters. The highest BCUT2D eigenvalue weighted by atomic mass is 35.7. The predicted octanol–water partition coefficient (Wildman–Crippen LogP) is 3.61. The Morgan fingerprint density at radius 2 is 1.44 bits per heavy atom. The van der Waals surface area contributed by atoms with Crippen LogP contribution in [0, 0.1) is 0 Å². The lowest BCUT2D eigenvalue weighted by atomic mass is 9.98. The molecular weight excluding hydrogens is 360 g/mol. The maximum Gasteiger partial charge on any atom is 0.278 e. The van der Waals surface area contributed by atoms with Gasteiger partial charge in [0, 0.05) is 21.8 Å². The van der Waals surface area contributed by atoms with Gasteiger partial charge in [-0.2, -0.15) is 5.10 Å². The number of halogens is 1. The molecule has 25 heavy (non-hydrogen) atoms. The highest BCUT2D eigenvalue weighted by Crippen LogP contribution is 2.38. The molecule has 0 saturated heterocycles. The molecule has 4 aromatic rings. The van der Waals surface area contributed by atoms with Crippen molar-refractivity contribution in [2.24, 2.45) is 0 Å². The van der Waals surface area contributed by atoms with E-state index in [1.54, 1.807) is 0 Å². The number of nitrogens with one attached hydrogen (secondary N) is 1. The van der Waals surface area contributed by atoms with Gasteiger partial charge in [-0.1, -0.05) is 60.7 Å². The van der Waals surface area contributed by atoms with Crippen LogP contribution in [-0.4, -0.2) is 28.8 Å². The number of H-pyrrole nitrogens is 1. The van der Waals surface area contributed by atoms with E-state index in [4.69, 9.17) is 10.7 Å². The Labute approximate surface area is 147 Å². The van der Waals surface area contributed by atoms with Crippen LogP contribution >= 0.6 is 10.7 Å². The summed E-state index contributed by atoms with van der Waals surface area (Å²) in [4.78, 5) is 0. The van der Waals surface area contributed by atoms with Crippen molar-refractivity contribution in [1.29, 1.82) is 0 Å². The van der Waals surface area contributed by atoms with Crippen LogP contribution in [-0.2, 0) is 9.05 Å². The smallest absolute Gasteiger partial charge is 0.263 e. The molecule has 0 aliphatic carbocycles. The molecule has 8 heteroatoms. The molecule has 0 aliphatic rings. The van der Waals surface area contributed by atoms with Crippen LogP contribution in [0.4, 0.5) is 0 Å². The summed E-state index contributed by atoms with van der Waals surface area (Å²) in [5.74, 6) is 0. The molecule has 2 heterocycles. The Hall–Kier alpha value is -2.77. The summed E-state index contributed by atoms with van der Waals surface area (Å²) in [7, 11) is 1.56. The normalized spacial score (nSPS) is 11.7. The molecule has 0 saturated carbocycles. The molecule has 0 radical (unpaired) electrons. The Bertz CT molecular complexity index is 1160. The molecular formula is C17H11ClN4O2S. The van der Waals surface area contributed by atoms with E-state index in [0.29, 0.717) is 16.6 Å². The molecule has 0 fully saturated rings. The Kier molecular flexibility index (Phi) is 3.74. The minimum Gasteiger partial charge on any atom is -0.263 e. The van der Waals surface area contributed by atoms with Crippen molar-refractivity contribution in [3.05, 3.63) is 60.7 Å². The number of fused-ring (bicyclic) bond motifs is 1. The average molecular weight is 371 g/mol. The molecule has 0 unspecified atom stereocenters. The van der Waals surface area contributed by atoms with Gasteiger partial charge < -0.3 is 0 Å². The first-order valence-corrected chi connectivity index (χ1v) is 9.67. The predicted molar refractivity (Wildman–Crippen MR) is 95.6 cm³/mol. The zero-order valence-electron chi connectivity index (χ0n) is 12.7. The summed E-state index contributed by atoms with van der Waals surface area (Å²) in [6.45, 7) is 0. The quantitative estimate of drug-likeness (QED) is 0.556. The minimum atomic E-state index is -4.03. The van der Waals surface area contributed by atoms with Crippen LogP contribution in [0.3, 0.4) is 0 Å². The summed E-state index contributed by atoms with van der Waals surface area (Å²) < 4.78 is 24.0. The third-order valence-corrected chi connectivity index (χ3v) is 5.05. The monoisotopic (exact) mass is 370 g/mol. The number of nitrogens with zero attached hydrogens (tertiary/aromatic N) is 3. The highest BCUT2D eigenvalue weighted by Gasteiger charge is 2.25. The maximum absolute atomic E-state index is 12.0. The van der Waals surface area contributed by atoms with Crippen LogP contribution in [0.25, 0.3) is 33.4 Å². The summed E-state index contributed by atoms with van der Waals surface area (Å²) in [6, 6.07) is 18.8. The topological polar surface area (TPSA) is 88.6 Å². The van der Waals surface area contributed by atoms with Gasteiger partial charge in [0.2, 0.25) is 5.65 Å². The fourth-order valence-corrected chi connectivity index (χ4v) is 3.67. The highest BCUT2D eigenvalue weighted by molar-refractivity contribution is 8.13. The molecule has 0 spiro atoms. The van der Waals surface area contributed by atoms with Crippen molar-refractivity contribution in [1.82, 2.24) is 20.4 Å². The van der Waals surface area contributed by atoms with Gasteiger partial charge >= 0.3 is 0 Å². The lowest BCUT2D eigenvalue weighted by Gasteiger charge is -2.10. The molecule has 124 valence electrons. The van der Waals surface area contributed by atoms with E-state index in [2.05, 4.69) is 20.4 Å². The van der Waals surface area contributed by atoms with Gasteiger partial charge in [-0.05, 0) is 5.56 Å². The third kappa shape index (κ3) is 2.77. The van der Waals surface area contributed by atoms with Crippen molar-refractivity contribution in [2.75, 3.05) is 0 Å². The van der Waals surface area contributed by atoms with Gasteiger partial charge in [0.1, 0.15) is 5.69 Å². The number of hydrogen-bond donors (Lipinski definition) is 1. The maximum atomic E-state index is 12.0. The average Bonchev–Trinajstić information content (AvgIpc) is 3.07. The zero-order valence-corrected chi connectivity index (χ0v) is 14.3. The summed E-state index contributed by atoms with van der Waals surface area (Å²) in [5.41, 5.74) is 2.98. The van der Waals surface area contributed by atoms with Crippen LogP contribution in [0.5, 0.6) is 0 Å². The number of aromatic nitrogens is 4. The van der Waals surface area contributed by atoms with Gasteiger partial charge in [-0.15, -0.1) is 10.2 Å². The SMILES string of the molecule is O=S(=O)(Cl)c1[nH]nc2nnc(-c3ccccc3)c(-c3ccccc3)c12. The van der Waals surface area contributed by atoms with Gasteiger partial charge in [-0.3, -0.25) is 5.10 Å². The van der Waals surface area contributed by atoms with E-state index >= 15 is 0 Å². The molecule has 2 aromatic heterocycles. The summed E-state index contributed by atoms with van der Waals surface area (Å²) in [6.07, 6.45) is 0. The van der Waals surface area contributed by atoms with Gasteiger partial charge in [0.25, 0.3) is 9.05 Å². The lowest BCUT2D eigenvalue weighted by Crippen LogP contribution is -1.97. The van der Waals surface area contributed by atoms with Gasteiger partial charge in [0.15, 0.2) is 5.03 Å². The van der Waals surface area contributed by atoms with E-state index in [0.717, 1.165) is 11.1 Å². The van der Waals surface area contributed by atoms with E-state index in [9.17, 15) is 8.42 Å². The molecule has 0 amide bonds. The van der Waals surface area contributed by atoms with Gasteiger partial charge in [-0.25, -0.2) is 8.42 Å². The summed E-state index contributed by atoms with van der Waals surface area (Å²) in [5, 5.41) is 14.9. The van der Waals surface area contributed by atoms with Crippen molar-refractivity contribution < 1.29 is 8.42 Å². The van der Waals surface area contributed by atoms with Crippen molar-refractivity contribution in [2.45, 2.75) is 5.03 Å². The first kappa shape index (κ1) is 15.7. The van der Waals surface area contributed by atoms with E-state index in [1.165, 1.54) is 0 Å². The molecule has 6 nitrogen and oxygen atoms in total. The molecule has 2 aromatic carbocycles. The number of hydrogen-bond acceptors (Lipinski definition) is 5. The fourth-order valence-electron chi connectivity index (χ4n) is 2.74. The van der Waals surface area contributed by atoms with E-state index < -0.39 is 9.05 Å². The molecule has 1 N–H and O–H groups in total. The summed E-state index contributed by atoms with van der Waals surface area (Å²) >= 11 is 0. The number of rotatable bonds is 3. The zero-order chi connectivity index (χ0) is 17.4. The van der Waals surface area contributed by atoms with Crippen molar-refractivity contribution in [3.8, 4) is 22.4 Å². The fraction of sp³-hybridized carbons (Fsp3) is 0. The second kappa shape index (κ2) is 5.94. The van der Waals surface area contributed by atoms with Gasteiger partial charge in [0.05, 0.1) is 5.39 Å². The lowest BCUT2D eigenvalue weighted by molar-refractivity contribution is 0.606. The Balaban J connectivity index is 2.17. The Morgan fingerprint density at radius 1 is 0.840 bits per heavy atom. The molecule has 0 bridgehead atoms. The minimum absolute atomic E-state index is 0.185. The van der Waals surface area contributed by atoms with Crippen LogP contribution in [0.1, 0.15) is 0 Å². The van der Waals surface area contributed by atoms with Crippen LogP contribution < -0.4 is 0 Å². The van der Waals surface area contributed by atoms with Crippen LogP contribution in [0.15, 0.2) is 65.7 Å². The molecule has 4 rings (SSSR count). The first-order chi connectivity index (χ1) is 12.1. The largest absolute Gasteiger partial charge is 0.278 e. The second-order valence-corrected chi connectivity index (χ2v) is 7.85. The number of benzene rings is 2. The molecule has 0 aliphatic heterocycles. The number of aromatic amines is 1. The van der Waals surface area contributed by atoms with Crippen LogP contribution in [0.2, 0.25) is 0 Å². The van der Waals surface area contributed by atoms with E-state index in [-0.39, 0.29) is 10.7 Å². The van der Waals surface area contributed by atoms with Crippen molar-refractivity contribution in [3.63, 3.8) is 0 Å².